The molecule has 3 rings (SSSR count). The minimum absolute atomic E-state index is 0.781. The highest BCUT2D eigenvalue weighted by molar-refractivity contribution is 5.52. The number of aromatic nitrogens is 4. The summed E-state index contributed by atoms with van der Waals surface area (Å²) in [7, 11) is 1.89. The number of aryl methyl sites for hydroxylation is 2. The zero-order chi connectivity index (χ0) is 13.4. The Hall–Kier alpha value is -1.91. The van der Waals surface area contributed by atoms with E-state index in [4.69, 9.17) is 0 Å². The van der Waals surface area contributed by atoms with Gasteiger partial charge in [-0.2, -0.15) is 0 Å². The number of imidazole rings is 1. The first-order valence-electron chi connectivity index (χ1n) is 6.79. The van der Waals surface area contributed by atoms with Gasteiger partial charge in [0.2, 0.25) is 0 Å². The second-order valence-electron chi connectivity index (χ2n) is 5.03. The fourth-order valence-electron chi connectivity index (χ4n) is 2.74. The molecule has 0 saturated heterocycles. The molecule has 5 heteroatoms. The van der Waals surface area contributed by atoms with Crippen LogP contribution in [0.4, 0.5) is 5.82 Å². The van der Waals surface area contributed by atoms with E-state index in [1.165, 1.54) is 24.2 Å². The Balaban J connectivity index is 2.17. The lowest BCUT2D eigenvalue weighted by Crippen LogP contribution is -2.11. The third-order valence-electron chi connectivity index (χ3n) is 3.73. The van der Waals surface area contributed by atoms with Crippen LogP contribution in [0.1, 0.15) is 35.6 Å². The van der Waals surface area contributed by atoms with E-state index in [1.807, 2.05) is 20.3 Å². The van der Waals surface area contributed by atoms with Crippen molar-refractivity contribution < 1.29 is 0 Å². The van der Waals surface area contributed by atoms with Crippen LogP contribution < -0.4 is 5.32 Å². The van der Waals surface area contributed by atoms with Gasteiger partial charge in [0.15, 0.2) is 0 Å². The molecule has 1 aliphatic carbocycles. The molecule has 2 aromatic heterocycles. The summed E-state index contributed by atoms with van der Waals surface area (Å²) in [6.07, 6.45) is 6.56. The second kappa shape index (κ2) is 4.64. The van der Waals surface area contributed by atoms with E-state index in [-0.39, 0.29) is 0 Å². The van der Waals surface area contributed by atoms with Crippen LogP contribution in [0.2, 0.25) is 0 Å². The summed E-state index contributed by atoms with van der Waals surface area (Å²) in [5, 5.41) is 3.13. The topological polar surface area (TPSA) is 55.6 Å². The highest BCUT2D eigenvalue weighted by Gasteiger charge is 2.19. The number of anilines is 1. The third-order valence-corrected chi connectivity index (χ3v) is 3.73. The largest absolute Gasteiger partial charge is 0.373 e. The Morgan fingerprint density at radius 3 is 2.74 bits per heavy atom. The van der Waals surface area contributed by atoms with E-state index in [1.54, 1.807) is 0 Å². The predicted octanol–water partition coefficient (Wildman–Crippen LogP) is 2.20. The number of rotatable bonds is 2. The monoisotopic (exact) mass is 257 g/mol. The Morgan fingerprint density at radius 2 is 1.95 bits per heavy atom. The standard InChI is InChI=1S/C14H19N5/c1-9-13(15-3)17-10(2)18-14(9)19-8-16-11-6-4-5-7-12(11)19/h8H,4-7H2,1-3H3,(H,15,17,18). The van der Waals surface area contributed by atoms with Crippen molar-refractivity contribution in [3.63, 3.8) is 0 Å². The summed E-state index contributed by atoms with van der Waals surface area (Å²) in [5.74, 6) is 2.62. The average molecular weight is 257 g/mol. The normalized spacial score (nSPS) is 14.3. The van der Waals surface area contributed by atoms with Crippen molar-refractivity contribution in [2.75, 3.05) is 12.4 Å². The Labute approximate surface area is 113 Å². The first kappa shape index (κ1) is 12.1. The molecule has 0 saturated carbocycles. The number of nitrogens with zero attached hydrogens (tertiary/aromatic N) is 4. The molecule has 1 N–H and O–H groups in total. The maximum atomic E-state index is 4.60. The molecule has 2 aromatic rings. The third kappa shape index (κ3) is 1.99. The summed E-state index contributed by atoms with van der Waals surface area (Å²) in [4.78, 5) is 13.6. The summed E-state index contributed by atoms with van der Waals surface area (Å²) in [6.45, 7) is 3.98. The maximum Gasteiger partial charge on any atom is 0.146 e. The number of hydrogen-bond donors (Lipinski definition) is 1. The first-order chi connectivity index (χ1) is 9.20. The molecule has 0 spiro atoms. The zero-order valence-electron chi connectivity index (χ0n) is 11.7. The van der Waals surface area contributed by atoms with Crippen LogP contribution in [0, 0.1) is 13.8 Å². The lowest BCUT2D eigenvalue weighted by Gasteiger charge is -2.16. The van der Waals surface area contributed by atoms with Crippen molar-refractivity contribution in [1.82, 2.24) is 19.5 Å². The average Bonchev–Trinajstić information content (AvgIpc) is 2.85. The smallest absolute Gasteiger partial charge is 0.146 e. The van der Waals surface area contributed by atoms with Crippen molar-refractivity contribution in [3.8, 4) is 5.82 Å². The maximum absolute atomic E-state index is 4.60. The van der Waals surface area contributed by atoms with Gasteiger partial charge in [0.1, 0.15) is 23.8 Å². The van der Waals surface area contributed by atoms with Gasteiger partial charge in [0, 0.05) is 18.3 Å². The van der Waals surface area contributed by atoms with Crippen LogP contribution in [-0.2, 0) is 12.8 Å². The van der Waals surface area contributed by atoms with E-state index in [9.17, 15) is 0 Å². The number of nitrogens with one attached hydrogen (secondary N) is 1. The van der Waals surface area contributed by atoms with Crippen LogP contribution in [0.15, 0.2) is 6.33 Å². The molecule has 0 aromatic carbocycles. The lowest BCUT2D eigenvalue weighted by atomic mass is 10.0. The zero-order valence-corrected chi connectivity index (χ0v) is 11.7. The van der Waals surface area contributed by atoms with Gasteiger partial charge in [0.05, 0.1) is 5.69 Å². The minimum atomic E-state index is 0.781. The van der Waals surface area contributed by atoms with E-state index in [0.29, 0.717) is 0 Å². The molecule has 100 valence electrons. The van der Waals surface area contributed by atoms with E-state index in [2.05, 4.69) is 31.8 Å². The fourth-order valence-corrected chi connectivity index (χ4v) is 2.74. The van der Waals surface area contributed by atoms with Crippen LogP contribution >= 0.6 is 0 Å². The van der Waals surface area contributed by atoms with Crippen LogP contribution in [0.3, 0.4) is 0 Å². The van der Waals surface area contributed by atoms with E-state index < -0.39 is 0 Å². The van der Waals surface area contributed by atoms with Gasteiger partial charge in [-0.25, -0.2) is 15.0 Å². The van der Waals surface area contributed by atoms with Gasteiger partial charge in [-0.05, 0) is 39.5 Å². The molecule has 0 unspecified atom stereocenters. The lowest BCUT2D eigenvalue weighted by molar-refractivity contribution is 0.653. The van der Waals surface area contributed by atoms with Crippen LogP contribution in [0.25, 0.3) is 5.82 Å². The van der Waals surface area contributed by atoms with Gasteiger partial charge in [-0.1, -0.05) is 0 Å². The minimum Gasteiger partial charge on any atom is -0.373 e. The Kier molecular flexibility index (Phi) is 2.97. The molecule has 0 amide bonds. The molecule has 2 heterocycles. The highest BCUT2D eigenvalue weighted by Crippen LogP contribution is 2.25. The van der Waals surface area contributed by atoms with E-state index in [0.717, 1.165) is 35.9 Å². The molecule has 19 heavy (non-hydrogen) atoms. The van der Waals surface area contributed by atoms with Gasteiger partial charge in [0.25, 0.3) is 0 Å². The molecule has 0 atom stereocenters. The molecule has 5 nitrogen and oxygen atoms in total. The molecule has 1 aliphatic rings. The van der Waals surface area contributed by atoms with Crippen molar-refractivity contribution in [2.45, 2.75) is 39.5 Å². The Morgan fingerprint density at radius 1 is 1.16 bits per heavy atom. The van der Waals surface area contributed by atoms with Crippen molar-refractivity contribution in [1.29, 1.82) is 0 Å². The van der Waals surface area contributed by atoms with Gasteiger partial charge in [-0.3, -0.25) is 4.57 Å². The van der Waals surface area contributed by atoms with Gasteiger partial charge >= 0.3 is 0 Å². The SMILES string of the molecule is CNc1nc(C)nc(-n2cnc3c2CCCC3)c1C. The summed E-state index contributed by atoms with van der Waals surface area (Å²) < 4.78 is 2.14. The molecule has 0 bridgehead atoms. The van der Waals surface area contributed by atoms with Crippen molar-refractivity contribution in [3.05, 3.63) is 29.1 Å². The summed E-state index contributed by atoms with van der Waals surface area (Å²) in [5.41, 5.74) is 3.61. The molecule has 0 fully saturated rings. The summed E-state index contributed by atoms with van der Waals surface area (Å²) >= 11 is 0. The van der Waals surface area contributed by atoms with Crippen molar-refractivity contribution in [2.24, 2.45) is 0 Å². The van der Waals surface area contributed by atoms with Crippen LogP contribution in [0.5, 0.6) is 0 Å². The summed E-state index contributed by atoms with van der Waals surface area (Å²) in [6, 6.07) is 0. The number of fused-ring (bicyclic) bond motifs is 1. The van der Waals surface area contributed by atoms with Crippen LogP contribution in [-0.4, -0.2) is 26.6 Å². The van der Waals surface area contributed by atoms with Gasteiger partial charge in [-0.15, -0.1) is 0 Å². The number of hydrogen-bond acceptors (Lipinski definition) is 4. The fraction of sp³-hybridized carbons (Fsp3) is 0.500. The quantitative estimate of drug-likeness (QED) is 0.896. The Bertz CT molecular complexity index is 615. The molecular formula is C14H19N5. The van der Waals surface area contributed by atoms with Crippen molar-refractivity contribution >= 4 is 5.82 Å². The highest BCUT2D eigenvalue weighted by atomic mass is 15.2. The molecule has 0 radical (unpaired) electrons. The predicted molar refractivity (Wildman–Crippen MR) is 74.8 cm³/mol. The molecular weight excluding hydrogens is 238 g/mol. The first-order valence-corrected chi connectivity index (χ1v) is 6.79. The van der Waals surface area contributed by atoms with E-state index >= 15 is 0 Å². The van der Waals surface area contributed by atoms with Gasteiger partial charge < -0.3 is 5.32 Å². The second-order valence-corrected chi connectivity index (χ2v) is 5.03. The molecule has 0 aliphatic heterocycles.